The first-order valence-corrected chi connectivity index (χ1v) is 9.38. The lowest BCUT2D eigenvalue weighted by molar-refractivity contribution is -0.149. The van der Waals surface area contributed by atoms with Gasteiger partial charge in [-0.3, -0.25) is 14.3 Å². The maximum absolute atomic E-state index is 13.4. The van der Waals surface area contributed by atoms with E-state index in [-0.39, 0.29) is 36.4 Å². The monoisotopic (exact) mass is 407 g/mol. The van der Waals surface area contributed by atoms with Crippen molar-refractivity contribution in [2.75, 3.05) is 0 Å². The molecular formula is C20H23ClFN3O3. The summed E-state index contributed by atoms with van der Waals surface area (Å²) < 4.78 is 20.4. The summed E-state index contributed by atoms with van der Waals surface area (Å²) in [6, 6.07) is 5.99. The Hall–Kier alpha value is -2.41. The number of carbonyl (C=O) groups excluding carboxylic acids is 2. The number of esters is 1. The van der Waals surface area contributed by atoms with E-state index in [1.165, 1.54) is 12.1 Å². The van der Waals surface area contributed by atoms with Crippen LogP contribution >= 0.6 is 11.6 Å². The minimum atomic E-state index is -0.888. The molecule has 150 valence electrons. The number of ether oxygens (including phenoxy) is 1. The normalized spacial score (nSPS) is 18.2. The minimum absolute atomic E-state index is 0.0316. The van der Waals surface area contributed by atoms with Gasteiger partial charge in [-0.2, -0.15) is 5.10 Å². The fourth-order valence-corrected chi connectivity index (χ4v) is 3.73. The largest absolute Gasteiger partial charge is 0.459 e. The molecule has 1 unspecified atom stereocenters. The van der Waals surface area contributed by atoms with E-state index < -0.39 is 17.3 Å². The lowest BCUT2D eigenvalue weighted by atomic mass is 9.89. The zero-order chi connectivity index (χ0) is 20.6. The summed E-state index contributed by atoms with van der Waals surface area (Å²) in [6.45, 7) is 5.81. The molecule has 1 saturated heterocycles. The van der Waals surface area contributed by atoms with Crippen LogP contribution in [0.4, 0.5) is 4.39 Å². The summed E-state index contributed by atoms with van der Waals surface area (Å²) in [5.41, 5.74) is 1.41. The highest BCUT2D eigenvalue weighted by Crippen LogP contribution is 2.35. The van der Waals surface area contributed by atoms with E-state index in [9.17, 15) is 14.0 Å². The number of carbonyl (C=O) groups is 2. The van der Waals surface area contributed by atoms with E-state index in [1.807, 2.05) is 20.0 Å². The summed E-state index contributed by atoms with van der Waals surface area (Å²) >= 11 is 6.18. The van der Waals surface area contributed by atoms with Crippen LogP contribution in [0.15, 0.2) is 24.3 Å². The molecule has 2 aromatic rings. The van der Waals surface area contributed by atoms with Gasteiger partial charge in [0, 0.05) is 18.6 Å². The average molecular weight is 408 g/mol. The Labute approximate surface area is 168 Å². The SMILES string of the molecule is Cc1cc(CN(Cc2ccc(F)cc2Cl)C(=O)C2CC(=O)OC2(C)C)n(C)n1. The van der Waals surface area contributed by atoms with Crippen LogP contribution in [0, 0.1) is 18.7 Å². The van der Waals surface area contributed by atoms with Gasteiger partial charge < -0.3 is 9.64 Å². The van der Waals surface area contributed by atoms with Crippen molar-refractivity contribution in [3.05, 3.63) is 52.1 Å². The predicted octanol–water partition coefficient (Wildman–Crippen LogP) is 3.39. The fourth-order valence-electron chi connectivity index (χ4n) is 3.50. The van der Waals surface area contributed by atoms with E-state index in [0.29, 0.717) is 5.56 Å². The molecule has 1 aliphatic rings. The van der Waals surface area contributed by atoms with E-state index in [1.54, 1.807) is 29.5 Å². The predicted molar refractivity (Wildman–Crippen MR) is 102 cm³/mol. The van der Waals surface area contributed by atoms with Crippen molar-refractivity contribution in [1.82, 2.24) is 14.7 Å². The molecule has 0 N–H and O–H groups in total. The molecule has 0 aliphatic carbocycles. The third-order valence-corrected chi connectivity index (χ3v) is 5.38. The second-order valence-electron chi connectivity index (χ2n) is 7.66. The molecule has 2 heterocycles. The van der Waals surface area contributed by atoms with Crippen molar-refractivity contribution < 1.29 is 18.7 Å². The zero-order valence-corrected chi connectivity index (χ0v) is 17.1. The van der Waals surface area contributed by atoms with Gasteiger partial charge >= 0.3 is 5.97 Å². The number of hydrogen-bond donors (Lipinski definition) is 0. The second-order valence-corrected chi connectivity index (χ2v) is 8.07. The van der Waals surface area contributed by atoms with Gasteiger partial charge in [0.15, 0.2) is 0 Å². The van der Waals surface area contributed by atoms with Crippen molar-refractivity contribution in [2.45, 2.75) is 45.9 Å². The van der Waals surface area contributed by atoms with Crippen LogP contribution in [-0.4, -0.2) is 32.2 Å². The highest BCUT2D eigenvalue weighted by atomic mass is 35.5. The molecule has 1 aliphatic heterocycles. The van der Waals surface area contributed by atoms with Crippen LogP contribution in [0.5, 0.6) is 0 Å². The van der Waals surface area contributed by atoms with E-state index in [2.05, 4.69) is 5.10 Å². The third-order valence-electron chi connectivity index (χ3n) is 5.02. The minimum Gasteiger partial charge on any atom is -0.459 e. The standard InChI is InChI=1S/C20H23ClFN3O3/c1-12-7-15(24(4)23-12)11-25(10-13-5-6-14(22)8-17(13)21)19(27)16-9-18(26)28-20(16,2)3/h5-8,16H,9-11H2,1-4H3. The number of benzene rings is 1. The highest BCUT2D eigenvalue weighted by molar-refractivity contribution is 6.31. The van der Waals surface area contributed by atoms with Crippen molar-refractivity contribution >= 4 is 23.5 Å². The first kappa shape index (κ1) is 20.3. The van der Waals surface area contributed by atoms with Gasteiger partial charge in [0.25, 0.3) is 0 Å². The quantitative estimate of drug-likeness (QED) is 0.712. The molecule has 0 radical (unpaired) electrons. The number of cyclic esters (lactones) is 1. The Morgan fingerprint density at radius 2 is 2.11 bits per heavy atom. The molecule has 8 heteroatoms. The molecule has 3 rings (SSSR count). The smallest absolute Gasteiger partial charge is 0.307 e. The van der Waals surface area contributed by atoms with Crippen LogP contribution in [-0.2, 0) is 34.5 Å². The van der Waals surface area contributed by atoms with E-state index in [4.69, 9.17) is 16.3 Å². The molecule has 0 bridgehead atoms. The number of rotatable bonds is 5. The molecule has 6 nitrogen and oxygen atoms in total. The van der Waals surface area contributed by atoms with Gasteiger partial charge in [0.2, 0.25) is 5.91 Å². The van der Waals surface area contributed by atoms with Gasteiger partial charge in [-0.05, 0) is 44.5 Å². The Morgan fingerprint density at radius 3 is 2.64 bits per heavy atom. The first-order chi connectivity index (χ1) is 13.1. The summed E-state index contributed by atoms with van der Waals surface area (Å²) in [5, 5.41) is 4.57. The highest BCUT2D eigenvalue weighted by Gasteiger charge is 2.47. The molecule has 28 heavy (non-hydrogen) atoms. The lowest BCUT2D eigenvalue weighted by Crippen LogP contribution is -2.42. The number of nitrogens with zero attached hydrogens (tertiary/aromatic N) is 3. The Morgan fingerprint density at radius 1 is 1.39 bits per heavy atom. The van der Waals surface area contributed by atoms with Crippen LogP contribution in [0.2, 0.25) is 5.02 Å². The van der Waals surface area contributed by atoms with Crippen LogP contribution in [0.3, 0.4) is 0 Å². The molecule has 1 aromatic heterocycles. The molecular weight excluding hydrogens is 385 g/mol. The van der Waals surface area contributed by atoms with Gasteiger partial charge in [-0.1, -0.05) is 17.7 Å². The number of amides is 1. The Bertz CT molecular complexity index is 925. The number of hydrogen-bond acceptors (Lipinski definition) is 4. The Balaban J connectivity index is 1.92. The summed E-state index contributed by atoms with van der Waals surface area (Å²) in [4.78, 5) is 26.8. The molecule has 1 fully saturated rings. The second kappa shape index (κ2) is 7.54. The lowest BCUT2D eigenvalue weighted by Gasteiger charge is -2.30. The van der Waals surface area contributed by atoms with Gasteiger partial charge in [-0.25, -0.2) is 4.39 Å². The van der Waals surface area contributed by atoms with E-state index >= 15 is 0 Å². The summed E-state index contributed by atoms with van der Waals surface area (Å²) in [5.74, 6) is -1.65. The molecule has 1 amide bonds. The van der Waals surface area contributed by atoms with Crippen LogP contribution in [0.1, 0.15) is 37.2 Å². The molecule has 0 spiro atoms. The number of halogens is 2. The molecule has 1 atom stereocenters. The fraction of sp³-hybridized carbons (Fsp3) is 0.450. The molecule has 0 saturated carbocycles. The van der Waals surface area contributed by atoms with Crippen molar-refractivity contribution in [3.8, 4) is 0 Å². The number of aryl methyl sites for hydroxylation is 2. The zero-order valence-electron chi connectivity index (χ0n) is 16.3. The summed E-state index contributed by atoms with van der Waals surface area (Å²) in [7, 11) is 1.81. The van der Waals surface area contributed by atoms with Crippen LogP contribution < -0.4 is 0 Å². The third kappa shape index (κ3) is 4.19. The van der Waals surface area contributed by atoms with Crippen LogP contribution in [0.25, 0.3) is 0 Å². The van der Waals surface area contributed by atoms with Gasteiger partial charge in [0.05, 0.1) is 30.3 Å². The van der Waals surface area contributed by atoms with Crippen molar-refractivity contribution in [3.63, 3.8) is 0 Å². The van der Waals surface area contributed by atoms with Gasteiger partial charge in [0.1, 0.15) is 11.4 Å². The summed E-state index contributed by atoms with van der Waals surface area (Å²) in [6.07, 6.45) is 0.0316. The van der Waals surface area contributed by atoms with Gasteiger partial charge in [-0.15, -0.1) is 0 Å². The topological polar surface area (TPSA) is 64.4 Å². The first-order valence-electron chi connectivity index (χ1n) is 9.01. The molecule has 1 aromatic carbocycles. The van der Waals surface area contributed by atoms with Crippen molar-refractivity contribution in [2.24, 2.45) is 13.0 Å². The number of aromatic nitrogens is 2. The van der Waals surface area contributed by atoms with Crippen molar-refractivity contribution in [1.29, 1.82) is 0 Å². The average Bonchev–Trinajstić information content (AvgIpc) is 3.04. The maximum atomic E-state index is 13.4. The Kier molecular flexibility index (Phi) is 5.48. The van der Waals surface area contributed by atoms with E-state index in [0.717, 1.165) is 11.4 Å². The maximum Gasteiger partial charge on any atom is 0.307 e.